The molecule has 20 heavy (non-hydrogen) atoms. The van der Waals surface area contributed by atoms with Crippen LogP contribution >= 0.6 is 15.9 Å². The highest BCUT2D eigenvalue weighted by molar-refractivity contribution is 9.10. The normalized spacial score (nSPS) is 22.8. The average molecular weight is 355 g/mol. The Bertz CT molecular complexity index is 578. The molecule has 110 valence electrons. The zero-order chi connectivity index (χ0) is 15.3. The first kappa shape index (κ1) is 14.9. The van der Waals surface area contributed by atoms with Gasteiger partial charge in [0.05, 0.1) is 10.7 Å². The molecule has 0 saturated heterocycles. The van der Waals surface area contributed by atoms with Crippen molar-refractivity contribution in [3.63, 3.8) is 0 Å². The number of allylic oxidation sites excluding steroid dienone is 1. The monoisotopic (exact) mass is 354 g/mol. The Morgan fingerprint density at radius 1 is 1.55 bits per heavy atom. The number of amides is 1. The highest BCUT2D eigenvalue weighted by Gasteiger charge is 2.61. The van der Waals surface area contributed by atoms with Crippen molar-refractivity contribution in [3.8, 4) is 0 Å². The van der Waals surface area contributed by atoms with Crippen molar-refractivity contribution in [1.29, 1.82) is 0 Å². The molecule has 0 aromatic carbocycles. The number of hydrogen-bond donors (Lipinski definition) is 2. The van der Waals surface area contributed by atoms with Crippen LogP contribution in [0.15, 0.2) is 22.4 Å². The van der Waals surface area contributed by atoms with Crippen LogP contribution in [0.3, 0.4) is 0 Å². The molecule has 0 aliphatic carbocycles. The molecule has 1 amide bonds. The summed E-state index contributed by atoms with van der Waals surface area (Å²) in [6.45, 7) is 1.31. The molecule has 0 bridgehead atoms. The lowest BCUT2D eigenvalue weighted by Crippen LogP contribution is -2.60. The van der Waals surface area contributed by atoms with Crippen molar-refractivity contribution < 1.29 is 23.1 Å². The number of alkyl halides is 3. The van der Waals surface area contributed by atoms with Crippen LogP contribution < -0.4 is 5.43 Å². The summed E-state index contributed by atoms with van der Waals surface area (Å²) < 4.78 is 40.4. The highest BCUT2D eigenvalue weighted by atomic mass is 79.9. The number of aliphatic hydroxyl groups is 1. The molecule has 2 N–H and O–H groups in total. The maximum absolute atomic E-state index is 13.0. The quantitative estimate of drug-likeness (QED) is 0.797. The minimum absolute atomic E-state index is 0.0106. The van der Waals surface area contributed by atoms with Crippen molar-refractivity contribution in [2.75, 3.05) is 0 Å². The third-order valence-electron chi connectivity index (χ3n) is 2.76. The SMILES string of the molecule is CC1=CC(O)(C(F)(F)F)N(C(=O)c2c(Br)cnn2C)N1. The number of aromatic nitrogens is 2. The van der Waals surface area contributed by atoms with Crippen molar-refractivity contribution in [3.05, 3.63) is 28.1 Å². The van der Waals surface area contributed by atoms with E-state index in [2.05, 4.69) is 26.5 Å². The van der Waals surface area contributed by atoms with Crippen molar-refractivity contribution in [1.82, 2.24) is 20.2 Å². The summed E-state index contributed by atoms with van der Waals surface area (Å²) in [4.78, 5) is 12.2. The second kappa shape index (κ2) is 4.48. The molecule has 6 nitrogen and oxygen atoms in total. The molecule has 0 radical (unpaired) electrons. The Labute approximate surface area is 119 Å². The molecular formula is C10H10BrF3N4O2. The molecule has 0 spiro atoms. The molecule has 1 aliphatic rings. The first-order valence-electron chi connectivity index (χ1n) is 5.35. The van der Waals surface area contributed by atoms with Crippen molar-refractivity contribution in [2.45, 2.75) is 18.8 Å². The number of hydrogen-bond acceptors (Lipinski definition) is 4. The van der Waals surface area contributed by atoms with Crippen LogP contribution in [0.1, 0.15) is 17.4 Å². The van der Waals surface area contributed by atoms with Crippen LogP contribution in [0.4, 0.5) is 13.2 Å². The lowest BCUT2D eigenvalue weighted by atomic mass is 10.2. The van der Waals surface area contributed by atoms with Crippen molar-refractivity contribution in [2.24, 2.45) is 7.05 Å². The van der Waals surface area contributed by atoms with Gasteiger partial charge in [0.25, 0.3) is 11.6 Å². The van der Waals surface area contributed by atoms with Gasteiger partial charge in [0.2, 0.25) is 0 Å². The maximum atomic E-state index is 13.0. The van der Waals surface area contributed by atoms with E-state index in [4.69, 9.17) is 0 Å². The highest BCUT2D eigenvalue weighted by Crippen LogP contribution is 2.38. The summed E-state index contributed by atoms with van der Waals surface area (Å²) in [6.07, 6.45) is -3.23. The molecule has 0 saturated carbocycles. The van der Waals surface area contributed by atoms with Gasteiger partial charge in [-0.1, -0.05) is 0 Å². The first-order valence-corrected chi connectivity index (χ1v) is 6.14. The van der Waals surface area contributed by atoms with Crippen LogP contribution in [0.5, 0.6) is 0 Å². The van der Waals surface area contributed by atoms with E-state index >= 15 is 0 Å². The summed E-state index contributed by atoms with van der Waals surface area (Å²) in [5.41, 5.74) is -1.31. The Hall–Kier alpha value is -1.55. The second-order valence-corrected chi connectivity index (χ2v) is 5.12. The van der Waals surface area contributed by atoms with Crippen molar-refractivity contribution >= 4 is 21.8 Å². The molecule has 2 heterocycles. The van der Waals surface area contributed by atoms with E-state index in [9.17, 15) is 23.1 Å². The topological polar surface area (TPSA) is 70.4 Å². The summed E-state index contributed by atoms with van der Waals surface area (Å²) in [5, 5.41) is 13.7. The smallest absolute Gasteiger partial charge is 0.359 e. The van der Waals surface area contributed by atoms with E-state index in [1.807, 2.05) is 0 Å². The van der Waals surface area contributed by atoms with Gasteiger partial charge < -0.3 is 5.11 Å². The van der Waals surface area contributed by atoms with Crippen LogP contribution in [-0.4, -0.2) is 37.7 Å². The molecule has 2 rings (SSSR count). The number of halogens is 4. The predicted octanol–water partition coefficient (Wildman–Crippen LogP) is 1.30. The molecule has 1 atom stereocenters. The predicted molar refractivity (Wildman–Crippen MR) is 65.0 cm³/mol. The van der Waals surface area contributed by atoms with Gasteiger partial charge in [0.15, 0.2) is 0 Å². The number of carbonyl (C=O) groups is 1. The van der Waals surface area contributed by atoms with Gasteiger partial charge in [0.1, 0.15) is 5.69 Å². The van der Waals surface area contributed by atoms with E-state index in [-0.39, 0.29) is 20.9 Å². The Kier molecular flexibility index (Phi) is 3.33. The molecule has 1 unspecified atom stereocenters. The van der Waals surface area contributed by atoms with E-state index in [0.29, 0.717) is 6.08 Å². The fraction of sp³-hybridized carbons (Fsp3) is 0.400. The van der Waals surface area contributed by atoms with Gasteiger partial charge in [-0.05, 0) is 28.9 Å². The number of hydrazine groups is 1. The van der Waals surface area contributed by atoms with Gasteiger partial charge in [-0.15, -0.1) is 0 Å². The zero-order valence-electron chi connectivity index (χ0n) is 10.4. The zero-order valence-corrected chi connectivity index (χ0v) is 11.9. The van der Waals surface area contributed by atoms with E-state index in [0.717, 1.165) is 4.68 Å². The standard InChI is InChI=1S/C10H10BrF3N4O2/c1-5-3-9(20,10(12,13)14)18(16-5)8(19)7-6(11)4-15-17(7)2/h3-4,16,20H,1-2H3. The molecule has 1 aromatic rings. The molecular weight excluding hydrogens is 345 g/mol. The maximum Gasteiger partial charge on any atom is 0.442 e. The first-order chi connectivity index (χ1) is 9.08. The second-order valence-electron chi connectivity index (χ2n) is 4.27. The molecule has 0 fully saturated rings. The van der Waals surface area contributed by atoms with Gasteiger partial charge >= 0.3 is 6.18 Å². The fourth-order valence-electron chi connectivity index (χ4n) is 1.83. The number of nitrogens with zero attached hydrogens (tertiary/aromatic N) is 3. The largest absolute Gasteiger partial charge is 0.442 e. The molecule has 10 heteroatoms. The summed E-state index contributed by atoms with van der Waals surface area (Å²) in [6, 6.07) is 0. The van der Waals surface area contributed by atoms with Crippen LogP contribution in [-0.2, 0) is 7.05 Å². The summed E-state index contributed by atoms with van der Waals surface area (Å²) >= 11 is 3.03. The third kappa shape index (κ3) is 2.08. The number of aryl methyl sites for hydroxylation is 1. The van der Waals surface area contributed by atoms with Gasteiger partial charge in [-0.25, -0.2) is 5.01 Å². The summed E-state index contributed by atoms with van der Waals surface area (Å²) in [7, 11) is 1.40. The number of rotatable bonds is 1. The number of nitrogens with one attached hydrogen (secondary N) is 1. The number of carbonyl (C=O) groups excluding carboxylic acids is 1. The van der Waals surface area contributed by atoms with Crippen LogP contribution in [0, 0.1) is 0 Å². The third-order valence-corrected chi connectivity index (χ3v) is 3.34. The lowest BCUT2D eigenvalue weighted by molar-refractivity contribution is -0.283. The van der Waals surface area contributed by atoms with E-state index < -0.39 is 17.8 Å². The van der Waals surface area contributed by atoms with Gasteiger partial charge in [-0.2, -0.15) is 18.3 Å². The minimum atomic E-state index is -5.04. The lowest BCUT2D eigenvalue weighted by Gasteiger charge is -2.33. The molecule has 1 aliphatic heterocycles. The Balaban J connectivity index is 2.46. The van der Waals surface area contributed by atoms with Crippen LogP contribution in [0.25, 0.3) is 0 Å². The Morgan fingerprint density at radius 2 is 2.15 bits per heavy atom. The summed E-state index contributed by atoms with van der Waals surface area (Å²) in [5.74, 6) is -1.07. The van der Waals surface area contributed by atoms with Crippen LogP contribution in [0.2, 0.25) is 0 Å². The minimum Gasteiger partial charge on any atom is -0.359 e. The van der Waals surface area contributed by atoms with Gasteiger partial charge in [-0.3, -0.25) is 14.9 Å². The van der Waals surface area contributed by atoms with Gasteiger partial charge in [0, 0.05) is 12.7 Å². The fourth-order valence-corrected chi connectivity index (χ4v) is 2.35. The van der Waals surface area contributed by atoms with E-state index in [1.54, 1.807) is 0 Å². The molecule has 1 aromatic heterocycles. The Morgan fingerprint density at radius 3 is 2.60 bits per heavy atom. The average Bonchev–Trinajstić information content (AvgIpc) is 2.79. The van der Waals surface area contributed by atoms with E-state index in [1.165, 1.54) is 20.2 Å².